The van der Waals surface area contributed by atoms with Crippen LogP contribution in [0.3, 0.4) is 0 Å². The first-order valence-corrected chi connectivity index (χ1v) is 8.92. The molecule has 2 aromatic carbocycles. The van der Waals surface area contributed by atoms with Crippen molar-refractivity contribution in [3.63, 3.8) is 0 Å². The van der Waals surface area contributed by atoms with E-state index < -0.39 is 0 Å². The SMILES string of the molecule is COc1cccc(-c2nn(-c3ccc(Cl)c(Cl)c3)c3c2CCN3)c1OC. The number of nitrogens with zero attached hydrogens (tertiary/aromatic N) is 2. The summed E-state index contributed by atoms with van der Waals surface area (Å²) in [5.74, 6) is 2.31. The molecule has 0 fully saturated rings. The largest absolute Gasteiger partial charge is 0.493 e. The Labute approximate surface area is 161 Å². The zero-order valence-electron chi connectivity index (χ0n) is 14.3. The van der Waals surface area contributed by atoms with Crippen molar-refractivity contribution in [2.24, 2.45) is 0 Å². The van der Waals surface area contributed by atoms with Crippen LogP contribution in [-0.4, -0.2) is 30.5 Å². The van der Waals surface area contributed by atoms with Crippen molar-refractivity contribution in [1.29, 1.82) is 0 Å². The summed E-state index contributed by atoms with van der Waals surface area (Å²) in [5, 5.41) is 9.26. The first-order chi connectivity index (χ1) is 12.6. The number of rotatable bonds is 4. The van der Waals surface area contributed by atoms with Gasteiger partial charge in [-0.3, -0.25) is 0 Å². The molecule has 0 atom stereocenters. The van der Waals surface area contributed by atoms with E-state index in [0.29, 0.717) is 21.5 Å². The van der Waals surface area contributed by atoms with Gasteiger partial charge in [-0.05, 0) is 36.8 Å². The van der Waals surface area contributed by atoms with Crippen molar-refractivity contribution < 1.29 is 9.47 Å². The Balaban J connectivity index is 1.91. The fourth-order valence-corrected chi connectivity index (χ4v) is 3.56. The summed E-state index contributed by atoms with van der Waals surface area (Å²) in [5.41, 5.74) is 3.75. The van der Waals surface area contributed by atoms with E-state index in [1.165, 1.54) is 0 Å². The molecule has 1 aliphatic rings. The van der Waals surface area contributed by atoms with Gasteiger partial charge in [0.1, 0.15) is 11.5 Å². The fraction of sp³-hybridized carbons (Fsp3) is 0.211. The Kier molecular flexibility index (Phi) is 4.42. The second-order valence-corrected chi connectivity index (χ2v) is 6.72. The lowest BCUT2D eigenvalue weighted by Crippen LogP contribution is -2.04. The van der Waals surface area contributed by atoms with E-state index in [4.69, 9.17) is 37.8 Å². The molecule has 7 heteroatoms. The van der Waals surface area contributed by atoms with Crippen LogP contribution in [0.25, 0.3) is 16.9 Å². The molecule has 134 valence electrons. The summed E-state index contributed by atoms with van der Waals surface area (Å²) in [6.45, 7) is 0.855. The van der Waals surface area contributed by atoms with Gasteiger partial charge in [-0.15, -0.1) is 0 Å². The van der Waals surface area contributed by atoms with E-state index in [-0.39, 0.29) is 0 Å². The summed E-state index contributed by atoms with van der Waals surface area (Å²) in [6, 6.07) is 11.3. The van der Waals surface area contributed by atoms with Crippen LogP contribution in [0.15, 0.2) is 36.4 Å². The molecule has 0 radical (unpaired) electrons. The number of halogens is 2. The van der Waals surface area contributed by atoms with Crippen LogP contribution in [0.5, 0.6) is 11.5 Å². The molecule has 0 saturated carbocycles. The van der Waals surface area contributed by atoms with Gasteiger partial charge in [-0.1, -0.05) is 29.3 Å². The number of anilines is 1. The van der Waals surface area contributed by atoms with Gasteiger partial charge >= 0.3 is 0 Å². The number of nitrogens with one attached hydrogen (secondary N) is 1. The summed E-state index contributed by atoms with van der Waals surface area (Å²) in [7, 11) is 3.26. The normalized spacial score (nSPS) is 12.6. The molecule has 0 saturated heterocycles. The van der Waals surface area contributed by atoms with Gasteiger partial charge in [0, 0.05) is 17.7 Å². The molecular weight excluding hydrogens is 373 g/mol. The van der Waals surface area contributed by atoms with Crippen LogP contribution in [0.2, 0.25) is 10.0 Å². The lowest BCUT2D eigenvalue weighted by molar-refractivity contribution is 0.356. The molecule has 1 aliphatic heterocycles. The smallest absolute Gasteiger partial charge is 0.170 e. The third-order valence-electron chi connectivity index (χ3n) is 4.46. The number of hydrogen-bond acceptors (Lipinski definition) is 4. The number of hydrogen-bond donors (Lipinski definition) is 1. The summed E-state index contributed by atoms with van der Waals surface area (Å²) >= 11 is 12.2. The predicted octanol–water partition coefficient (Wildman–Crippen LogP) is 4.83. The molecule has 1 aromatic heterocycles. The van der Waals surface area contributed by atoms with Crippen LogP contribution in [0.4, 0.5) is 5.82 Å². The maximum Gasteiger partial charge on any atom is 0.170 e. The van der Waals surface area contributed by atoms with Crippen LogP contribution in [-0.2, 0) is 6.42 Å². The van der Waals surface area contributed by atoms with Crippen molar-refractivity contribution in [2.75, 3.05) is 26.1 Å². The molecule has 0 spiro atoms. The predicted molar refractivity (Wildman–Crippen MR) is 104 cm³/mol. The van der Waals surface area contributed by atoms with E-state index >= 15 is 0 Å². The molecule has 4 rings (SSSR count). The van der Waals surface area contributed by atoms with E-state index in [2.05, 4.69) is 5.32 Å². The third kappa shape index (κ3) is 2.68. The third-order valence-corrected chi connectivity index (χ3v) is 5.20. The van der Waals surface area contributed by atoms with Gasteiger partial charge in [0.25, 0.3) is 0 Å². The van der Waals surface area contributed by atoms with Crippen LogP contribution in [0.1, 0.15) is 5.56 Å². The van der Waals surface area contributed by atoms with Crippen molar-refractivity contribution in [1.82, 2.24) is 9.78 Å². The van der Waals surface area contributed by atoms with Gasteiger partial charge in [-0.2, -0.15) is 5.10 Å². The first-order valence-electron chi connectivity index (χ1n) is 8.16. The molecule has 0 bridgehead atoms. The molecule has 1 N–H and O–H groups in total. The van der Waals surface area contributed by atoms with Crippen LogP contribution in [0, 0.1) is 0 Å². The standard InChI is InChI=1S/C19H17Cl2N3O2/c1-25-16-5-3-4-12(18(16)26-2)17-13-8-9-22-19(13)24(23-17)11-6-7-14(20)15(21)10-11/h3-7,10,22H,8-9H2,1-2H3. The Morgan fingerprint density at radius 2 is 1.92 bits per heavy atom. The molecule has 26 heavy (non-hydrogen) atoms. The monoisotopic (exact) mass is 389 g/mol. The minimum absolute atomic E-state index is 0.493. The number of methoxy groups -OCH3 is 2. The molecule has 3 aromatic rings. The van der Waals surface area contributed by atoms with E-state index in [1.54, 1.807) is 20.3 Å². The number of aromatic nitrogens is 2. The van der Waals surface area contributed by atoms with Crippen LogP contribution >= 0.6 is 23.2 Å². The average molecular weight is 390 g/mol. The van der Waals surface area contributed by atoms with E-state index in [0.717, 1.165) is 41.3 Å². The molecule has 0 aliphatic carbocycles. The lowest BCUT2D eigenvalue weighted by Gasteiger charge is -2.12. The number of fused-ring (bicyclic) bond motifs is 1. The Hall–Kier alpha value is -2.37. The minimum Gasteiger partial charge on any atom is -0.493 e. The Bertz CT molecular complexity index is 985. The molecule has 0 unspecified atom stereocenters. The Morgan fingerprint density at radius 3 is 2.65 bits per heavy atom. The number of benzene rings is 2. The molecule has 0 amide bonds. The second kappa shape index (κ2) is 6.74. The van der Waals surface area contributed by atoms with Crippen molar-refractivity contribution in [3.05, 3.63) is 52.0 Å². The maximum atomic E-state index is 6.20. The Morgan fingerprint density at radius 1 is 1.08 bits per heavy atom. The highest BCUT2D eigenvalue weighted by Gasteiger charge is 2.26. The van der Waals surface area contributed by atoms with Gasteiger partial charge in [0.05, 0.1) is 30.0 Å². The quantitative estimate of drug-likeness (QED) is 0.693. The van der Waals surface area contributed by atoms with E-state index in [9.17, 15) is 0 Å². The molecular formula is C19H17Cl2N3O2. The highest BCUT2D eigenvalue weighted by molar-refractivity contribution is 6.42. The second-order valence-electron chi connectivity index (χ2n) is 5.90. The highest BCUT2D eigenvalue weighted by Crippen LogP contribution is 2.42. The minimum atomic E-state index is 0.493. The number of para-hydroxylation sites is 1. The average Bonchev–Trinajstić information content (AvgIpc) is 3.26. The zero-order chi connectivity index (χ0) is 18.3. The highest BCUT2D eigenvalue weighted by atomic mass is 35.5. The zero-order valence-corrected chi connectivity index (χ0v) is 15.9. The lowest BCUT2D eigenvalue weighted by atomic mass is 10.1. The number of ether oxygens (including phenoxy) is 2. The van der Waals surface area contributed by atoms with Gasteiger partial charge in [-0.25, -0.2) is 4.68 Å². The van der Waals surface area contributed by atoms with Crippen LogP contribution < -0.4 is 14.8 Å². The first kappa shape index (κ1) is 17.1. The maximum absolute atomic E-state index is 6.20. The fourth-order valence-electron chi connectivity index (χ4n) is 3.27. The van der Waals surface area contributed by atoms with Crippen molar-refractivity contribution in [2.45, 2.75) is 6.42 Å². The van der Waals surface area contributed by atoms with Gasteiger partial charge < -0.3 is 14.8 Å². The topological polar surface area (TPSA) is 48.3 Å². The van der Waals surface area contributed by atoms with Gasteiger partial charge in [0.15, 0.2) is 11.5 Å². The van der Waals surface area contributed by atoms with E-state index in [1.807, 2.05) is 35.0 Å². The summed E-state index contributed by atoms with van der Waals surface area (Å²) in [4.78, 5) is 0. The van der Waals surface area contributed by atoms with Gasteiger partial charge in [0.2, 0.25) is 0 Å². The van der Waals surface area contributed by atoms with Crippen molar-refractivity contribution in [3.8, 4) is 28.4 Å². The van der Waals surface area contributed by atoms with Crippen molar-refractivity contribution >= 4 is 29.0 Å². The molecule has 2 heterocycles. The summed E-state index contributed by atoms with van der Waals surface area (Å²) in [6.07, 6.45) is 0.881. The molecule has 5 nitrogen and oxygen atoms in total. The summed E-state index contributed by atoms with van der Waals surface area (Å²) < 4.78 is 12.9.